The van der Waals surface area contributed by atoms with Crippen molar-refractivity contribution in [3.8, 4) is 10.6 Å². The molecule has 0 aliphatic carbocycles. The van der Waals surface area contributed by atoms with Crippen molar-refractivity contribution >= 4 is 17.2 Å². The number of benzene rings is 1. The standard InChI is InChI=1S/C17H18F3N3OS/c1-11-14(16(24)23-9-7-22(2)8-10-23)25-15(21-11)12-3-5-13(6-4-12)17(18,19)20/h3-6H,7-10H2,1-2H3. The Morgan fingerprint density at radius 2 is 1.72 bits per heavy atom. The molecule has 1 amide bonds. The van der Waals surface area contributed by atoms with E-state index < -0.39 is 11.7 Å². The third-order valence-corrected chi connectivity index (χ3v) is 5.43. The molecule has 0 saturated carbocycles. The lowest BCUT2D eigenvalue weighted by Crippen LogP contribution is -2.47. The number of carbonyl (C=O) groups excluding carboxylic acids is 1. The molecule has 0 radical (unpaired) electrons. The van der Waals surface area contributed by atoms with Crippen LogP contribution in [0.5, 0.6) is 0 Å². The zero-order valence-corrected chi connectivity index (χ0v) is 14.7. The second kappa shape index (κ2) is 6.76. The van der Waals surface area contributed by atoms with Gasteiger partial charge >= 0.3 is 6.18 Å². The van der Waals surface area contributed by atoms with E-state index in [0.29, 0.717) is 34.2 Å². The highest BCUT2D eigenvalue weighted by Crippen LogP contribution is 2.33. The topological polar surface area (TPSA) is 36.4 Å². The molecule has 1 fully saturated rings. The van der Waals surface area contributed by atoms with Crippen molar-refractivity contribution in [2.45, 2.75) is 13.1 Å². The summed E-state index contributed by atoms with van der Waals surface area (Å²) in [6.45, 7) is 4.75. The van der Waals surface area contributed by atoms with Gasteiger partial charge in [0.25, 0.3) is 5.91 Å². The molecule has 1 aliphatic heterocycles. The van der Waals surface area contributed by atoms with E-state index in [1.807, 2.05) is 7.05 Å². The van der Waals surface area contributed by atoms with Crippen LogP contribution in [0.4, 0.5) is 13.2 Å². The summed E-state index contributed by atoms with van der Waals surface area (Å²) in [7, 11) is 2.02. The maximum atomic E-state index is 12.7. The molecule has 4 nitrogen and oxygen atoms in total. The number of halogens is 3. The predicted molar refractivity (Wildman–Crippen MR) is 90.7 cm³/mol. The van der Waals surface area contributed by atoms with Gasteiger partial charge in [-0.3, -0.25) is 4.79 Å². The van der Waals surface area contributed by atoms with Gasteiger partial charge in [0.1, 0.15) is 9.88 Å². The number of nitrogens with zero attached hydrogens (tertiary/aromatic N) is 3. The Morgan fingerprint density at radius 3 is 2.28 bits per heavy atom. The average Bonchev–Trinajstić information content (AvgIpc) is 2.96. The van der Waals surface area contributed by atoms with Crippen molar-refractivity contribution in [1.82, 2.24) is 14.8 Å². The Morgan fingerprint density at radius 1 is 1.12 bits per heavy atom. The highest BCUT2D eigenvalue weighted by atomic mass is 32.1. The highest BCUT2D eigenvalue weighted by molar-refractivity contribution is 7.17. The minimum Gasteiger partial charge on any atom is -0.335 e. The van der Waals surface area contributed by atoms with Crippen LogP contribution >= 0.6 is 11.3 Å². The average molecular weight is 369 g/mol. The molecule has 1 aliphatic rings. The summed E-state index contributed by atoms with van der Waals surface area (Å²) >= 11 is 1.23. The molecule has 1 aromatic carbocycles. The van der Waals surface area contributed by atoms with Crippen LogP contribution in [0.3, 0.4) is 0 Å². The number of hydrogen-bond donors (Lipinski definition) is 0. The summed E-state index contributed by atoms with van der Waals surface area (Å²) in [6.07, 6.45) is -4.36. The zero-order valence-electron chi connectivity index (χ0n) is 13.9. The van der Waals surface area contributed by atoms with E-state index in [1.165, 1.54) is 23.5 Å². The van der Waals surface area contributed by atoms with Crippen LogP contribution in [0, 0.1) is 6.92 Å². The van der Waals surface area contributed by atoms with Crippen LogP contribution < -0.4 is 0 Å². The van der Waals surface area contributed by atoms with Crippen LogP contribution in [0.25, 0.3) is 10.6 Å². The van der Waals surface area contributed by atoms with Crippen molar-refractivity contribution in [1.29, 1.82) is 0 Å². The van der Waals surface area contributed by atoms with E-state index in [2.05, 4.69) is 9.88 Å². The number of alkyl halides is 3. The van der Waals surface area contributed by atoms with Crippen LogP contribution in [0.1, 0.15) is 20.9 Å². The van der Waals surface area contributed by atoms with Gasteiger partial charge in [0.05, 0.1) is 11.3 Å². The highest BCUT2D eigenvalue weighted by Gasteiger charge is 2.30. The summed E-state index contributed by atoms with van der Waals surface area (Å²) < 4.78 is 38.0. The molecule has 0 bridgehead atoms. The van der Waals surface area contributed by atoms with Gasteiger partial charge in [-0.1, -0.05) is 12.1 Å². The zero-order chi connectivity index (χ0) is 18.2. The van der Waals surface area contributed by atoms with E-state index in [-0.39, 0.29) is 5.91 Å². The van der Waals surface area contributed by atoms with Crippen LogP contribution in [-0.2, 0) is 6.18 Å². The number of piperazine rings is 1. The molecule has 1 aromatic heterocycles. The normalized spacial score (nSPS) is 16.3. The van der Waals surface area contributed by atoms with Crippen LogP contribution in [0.15, 0.2) is 24.3 Å². The second-order valence-electron chi connectivity index (χ2n) is 6.10. The molecule has 0 unspecified atom stereocenters. The molecule has 2 heterocycles. The summed E-state index contributed by atoms with van der Waals surface area (Å²) in [6, 6.07) is 4.86. The summed E-state index contributed by atoms with van der Waals surface area (Å²) in [5.41, 5.74) is 0.501. The maximum absolute atomic E-state index is 12.7. The van der Waals surface area contributed by atoms with Gasteiger partial charge in [-0.2, -0.15) is 13.2 Å². The number of hydrogen-bond acceptors (Lipinski definition) is 4. The monoisotopic (exact) mass is 369 g/mol. The minimum absolute atomic E-state index is 0.0544. The molecular formula is C17H18F3N3OS. The molecule has 134 valence electrons. The third-order valence-electron chi connectivity index (χ3n) is 4.24. The minimum atomic E-state index is -4.36. The molecule has 0 N–H and O–H groups in total. The Labute approximate surface area is 147 Å². The summed E-state index contributed by atoms with van der Waals surface area (Å²) in [4.78, 5) is 21.6. The molecule has 3 rings (SSSR count). The third kappa shape index (κ3) is 3.85. The van der Waals surface area contributed by atoms with E-state index in [0.717, 1.165) is 25.2 Å². The lowest BCUT2D eigenvalue weighted by atomic mass is 10.1. The smallest absolute Gasteiger partial charge is 0.335 e. The van der Waals surface area contributed by atoms with Gasteiger partial charge in [-0.25, -0.2) is 4.98 Å². The second-order valence-corrected chi connectivity index (χ2v) is 7.10. The van der Waals surface area contributed by atoms with Gasteiger partial charge in [0.2, 0.25) is 0 Å². The first-order valence-corrected chi connectivity index (χ1v) is 8.70. The van der Waals surface area contributed by atoms with Crippen molar-refractivity contribution in [3.63, 3.8) is 0 Å². The Kier molecular flexibility index (Phi) is 4.83. The first-order valence-electron chi connectivity index (χ1n) is 7.88. The Bertz CT molecular complexity index is 762. The van der Waals surface area contributed by atoms with Gasteiger partial charge in [-0.15, -0.1) is 11.3 Å². The SMILES string of the molecule is Cc1nc(-c2ccc(C(F)(F)F)cc2)sc1C(=O)N1CCN(C)CC1. The Balaban J connectivity index is 1.81. The van der Waals surface area contributed by atoms with Gasteiger partial charge < -0.3 is 9.80 Å². The first-order chi connectivity index (χ1) is 11.8. The number of thiazole rings is 1. The maximum Gasteiger partial charge on any atom is 0.416 e. The Hall–Kier alpha value is -1.93. The lowest BCUT2D eigenvalue weighted by Gasteiger charge is -2.32. The van der Waals surface area contributed by atoms with Crippen molar-refractivity contribution in [3.05, 3.63) is 40.4 Å². The van der Waals surface area contributed by atoms with Crippen LogP contribution in [-0.4, -0.2) is 53.9 Å². The van der Waals surface area contributed by atoms with Gasteiger partial charge in [-0.05, 0) is 26.1 Å². The number of aromatic nitrogens is 1. The number of rotatable bonds is 2. The number of carbonyl (C=O) groups is 1. The summed E-state index contributed by atoms with van der Waals surface area (Å²) in [5, 5.41) is 0.559. The summed E-state index contributed by atoms with van der Waals surface area (Å²) in [5.74, 6) is -0.0544. The number of aryl methyl sites for hydroxylation is 1. The predicted octanol–water partition coefficient (Wildman–Crippen LogP) is 3.52. The van der Waals surface area contributed by atoms with E-state index in [4.69, 9.17) is 0 Å². The number of likely N-dealkylation sites (N-methyl/N-ethyl adjacent to an activating group) is 1. The number of amides is 1. The molecule has 0 spiro atoms. The first kappa shape index (κ1) is 17.9. The van der Waals surface area contributed by atoms with Crippen molar-refractivity contribution in [2.24, 2.45) is 0 Å². The van der Waals surface area contributed by atoms with E-state index >= 15 is 0 Å². The molecule has 8 heteroatoms. The molecular weight excluding hydrogens is 351 g/mol. The lowest BCUT2D eigenvalue weighted by molar-refractivity contribution is -0.137. The molecule has 1 saturated heterocycles. The van der Waals surface area contributed by atoms with Crippen molar-refractivity contribution < 1.29 is 18.0 Å². The molecule has 0 atom stereocenters. The van der Waals surface area contributed by atoms with Crippen LogP contribution in [0.2, 0.25) is 0 Å². The largest absolute Gasteiger partial charge is 0.416 e. The van der Waals surface area contributed by atoms with Crippen molar-refractivity contribution in [2.75, 3.05) is 33.2 Å². The van der Waals surface area contributed by atoms with Gasteiger partial charge in [0, 0.05) is 31.7 Å². The molecule has 25 heavy (non-hydrogen) atoms. The van der Waals surface area contributed by atoms with E-state index in [9.17, 15) is 18.0 Å². The fourth-order valence-corrected chi connectivity index (χ4v) is 3.71. The fraction of sp³-hybridized carbons (Fsp3) is 0.412. The van der Waals surface area contributed by atoms with Gasteiger partial charge in [0.15, 0.2) is 0 Å². The quantitative estimate of drug-likeness (QED) is 0.813. The van der Waals surface area contributed by atoms with E-state index in [1.54, 1.807) is 11.8 Å². The fourth-order valence-electron chi connectivity index (χ4n) is 2.67. The molecule has 2 aromatic rings.